The van der Waals surface area contributed by atoms with Crippen molar-refractivity contribution in [3.8, 4) is 0 Å². The molecular formula is C18H17FN2O2S2. The molecule has 0 unspecified atom stereocenters. The molecule has 1 fully saturated rings. The second kappa shape index (κ2) is 7.93. The van der Waals surface area contributed by atoms with E-state index in [0.717, 1.165) is 11.5 Å². The van der Waals surface area contributed by atoms with Crippen molar-refractivity contribution in [1.82, 2.24) is 0 Å². The Morgan fingerprint density at radius 2 is 1.72 bits per heavy atom. The quantitative estimate of drug-likeness (QED) is 0.824. The van der Waals surface area contributed by atoms with Gasteiger partial charge in [-0.2, -0.15) is 0 Å². The number of halogens is 1. The van der Waals surface area contributed by atoms with Gasteiger partial charge in [-0.05, 0) is 35.9 Å². The van der Waals surface area contributed by atoms with Crippen LogP contribution in [-0.4, -0.2) is 23.3 Å². The number of hydrogen-bond acceptors (Lipinski definition) is 4. The SMILES string of the molecule is CC(=O)Nc1ccc(F)c(NC(=O)c2ccc(C3SCCS3)cc2)c1. The summed E-state index contributed by atoms with van der Waals surface area (Å²) in [6, 6.07) is 11.4. The first-order chi connectivity index (χ1) is 12.0. The van der Waals surface area contributed by atoms with Crippen LogP contribution in [0.2, 0.25) is 0 Å². The van der Waals surface area contributed by atoms with Gasteiger partial charge in [0.05, 0.1) is 10.3 Å². The molecule has 2 amide bonds. The van der Waals surface area contributed by atoms with Crippen molar-refractivity contribution in [3.63, 3.8) is 0 Å². The fourth-order valence-corrected chi connectivity index (χ4v) is 5.30. The predicted octanol–water partition coefficient (Wildman–Crippen LogP) is 4.52. The highest BCUT2D eigenvalue weighted by Crippen LogP contribution is 2.45. The van der Waals surface area contributed by atoms with Crippen molar-refractivity contribution in [1.29, 1.82) is 0 Å². The van der Waals surface area contributed by atoms with Crippen molar-refractivity contribution < 1.29 is 14.0 Å². The molecule has 3 rings (SSSR count). The van der Waals surface area contributed by atoms with E-state index in [1.807, 2.05) is 35.7 Å². The zero-order valence-electron chi connectivity index (χ0n) is 13.5. The average molecular weight is 376 g/mol. The first kappa shape index (κ1) is 17.8. The molecule has 1 saturated heterocycles. The molecule has 130 valence electrons. The lowest BCUT2D eigenvalue weighted by molar-refractivity contribution is -0.114. The Kier molecular flexibility index (Phi) is 5.65. The lowest BCUT2D eigenvalue weighted by Gasteiger charge is -2.11. The molecule has 25 heavy (non-hydrogen) atoms. The lowest BCUT2D eigenvalue weighted by atomic mass is 10.1. The topological polar surface area (TPSA) is 58.2 Å². The molecule has 0 saturated carbocycles. The number of hydrogen-bond donors (Lipinski definition) is 2. The summed E-state index contributed by atoms with van der Waals surface area (Å²) in [6.45, 7) is 1.37. The first-order valence-electron chi connectivity index (χ1n) is 7.74. The van der Waals surface area contributed by atoms with Crippen molar-refractivity contribution in [3.05, 3.63) is 59.4 Å². The van der Waals surface area contributed by atoms with Gasteiger partial charge in [-0.25, -0.2) is 4.39 Å². The summed E-state index contributed by atoms with van der Waals surface area (Å²) in [6.07, 6.45) is 0. The largest absolute Gasteiger partial charge is 0.326 e. The van der Waals surface area contributed by atoms with E-state index in [4.69, 9.17) is 0 Å². The maximum Gasteiger partial charge on any atom is 0.255 e. The molecule has 2 N–H and O–H groups in total. The third-order valence-corrected chi connectivity index (χ3v) is 6.71. The van der Waals surface area contributed by atoms with Gasteiger partial charge in [0, 0.05) is 29.7 Å². The monoisotopic (exact) mass is 376 g/mol. The van der Waals surface area contributed by atoms with Crippen molar-refractivity contribution >= 4 is 46.7 Å². The fraction of sp³-hybridized carbons (Fsp3) is 0.222. The van der Waals surface area contributed by atoms with Gasteiger partial charge in [-0.1, -0.05) is 12.1 Å². The van der Waals surface area contributed by atoms with E-state index in [0.29, 0.717) is 15.8 Å². The summed E-state index contributed by atoms with van der Waals surface area (Å²) < 4.78 is 14.3. The highest BCUT2D eigenvalue weighted by Gasteiger charge is 2.18. The Morgan fingerprint density at radius 1 is 1.04 bits per heavy atom. The van der Waals surface area contributed by atoms with Gasteiger partial charge in [0.25, 0.3) is 5.91 Å². The van der Waals surface area contributed by atoms with Crippen LogP contribution in [0.15, 0.2) is 42.5 Å². The summed E-state index contributed by atoms with van der Waals surface area (Å²) >= 11 is 3.80. The minimum absolute atomic E-state index is 0.0298. The summed E-state index contributed by atoms with van der Waals surface area (Å²) in [7, 11) is 0. The average Bonchev–Trinajstić information content (AvgIpc) is 3.12. The minimum Gasteiger partial charge on any atom is -0.326 e. The highest BCUT2D eigenvalue weighted by molar-refractivity contribution is 8.19. The number of nitrogens with one attached hydrogen (secondary N) is 2. The molecule has 7 heteroatoms. The zero-order chi connectivity index (χ0) is 17.8. The van der Waals surface area contributed by atoms with Crippen LogP contribution in [0.3, 0.4) is 0 Å². The molecule has 1 aliphatic rings. The first-order valence-corrected chi connectivity index (χ1v) is 9.84. The van der Waals surface area contributed by atoms with Crippen LogP contribution < -0.4 is 10.6 Å². The Labute approximate surface area is 154 Å². The summed E-state index contributed by atoms with van der Waals surface area (Å²) in [4.78, 5) is 23.5. The molecule has 4 nitrogen and oxygen atoms in total. The molecule has 1 aliphatic heterocycles. The fourth-order valence-electron chi connectivity index (χ4n) is 2.44. The number of rotatable bonds is 4. The second-order valence-corrected chi connectivity index (χ2v) is 8.25. The molecule has 0 spiro atoms. The Balaban J connectivity index is 1.72. The summed E-state index contributed by atoms with van der Waals surface area (Å²) in [5.41, 5.74) is 2.10. The maximum absolute atomic E-state index is 13.9. The maximum atomic E-state index is 13.9. The molecule has 1 heterocycles. The summed E-state index contributed by atoms with van der Waals surface area (Å²) in [5, 5.41) is 5.12. The predicted molar refractivity (Wildman–Crippen MR) is 103 cm³/mol. The molecule has 0 atom stereocenters. The van der Waals surface area contributed by atoms with E-state index in [2.05, 4.69) is 10.6 Å². The van der Waals surface area contributed by atoms with Crippen LogP contribution in [-0.2, 0) is 4.79 Å². The molecule has 0 aromatic heterocycles. The lowest BCUT2D eigenvalue weighted by Crippen LogP contribution is -2.14. The van der Waals surface area contributed by atoms with Gasteiger partial charge in [0.2, 0.25) is 5.91 Å². The van der Waals surface area contributed by atoms with E-state index in [-0.39, 0.29) is 11.6 Å². The van der Waals surface area contributed by atoms with E-state index in [1.54, 1.807) is 12.1 Å². The third kappa shape index (κ3) is 4.55. The molecule has 0 radical (unpaired) electrons. The van der Waals surface area contributed by atoms with Crippen LogP contribution in [0.1, 0.15) is 27.4 Å². The van der Waals surface area contributed by atoms with Gasteiger partial charge in [-0.3, -0.25) is 9.59 Å². The van der Waals surface area contributed by atoms with Crippen molar-refractivity contribution in [2.24, 2.45) is 0 Å². The molecule has 0 aliphatic carbocycles. The van der Waals surface area contributed by atoms with Crippen molar-refractivity contribution in [2.75, 3.05) is 22.1 Å². The van der Waals surface area contributed by atoms with Gasteiger partial charge in [-0.15, -0.1) is 23.5 Å². The van der Waals surface area contributed by atoms with Crippen LogP contribution in [0.25, 0.3) is 0 Å². The Hall–Kier alpha value is -1.99. The van der Waals surface area contributed by atoms with E-state index < -0.39 is 11.7 Å². The Bertz CT molecular complexity index is 790. The van der Waals surface area contributed by atoms with Crippen LogP contribution in [0.5, 0.6) is 0 Å². The van der Waals surface area contributed by atoms with Crippen LogP contribution in [0.4, 0.5) is 15.8 Å². The second-order valence-electron chi connectivity index (χ2n) is 5.53. The third-order valence-electron chi connectivity index (χ3n) is 3.60. The number of anilines is 2. The zero-order valence-corrected chi connectivity index (χ0v) is 15.2. The van der Waals surface area contributed by atoms with Gasteiger partial charge < -0.3 is 10.6 Å². The van der Waals surface area contributed by atoms with Crippen LogP contribution in [0, 0.1) is 5.82 Å². The van der Waals surface area contributed by atoms with Gasteiger partial charge in [0.15, 0.2) is 0 Å². The Morgan fingerprint density at radius 3 is 2.36 bits per heavy atom. The molecule has 0 bridgehead atoms. The summed E-state index contributed by atoms with van der Waals surface area (Å²) in [5.74, 6) is 1.07. The van der Waals surface area contributed by atoms with E-state index in [9.17, 15) is 14.0 Å². The number of benzene rings is 2. The number of carbonyl (C=O) groups excluding carboxylic acids is 2. The van der Waals surface area contributed by atoms with E-state index >= 15 is 0 Å². The number of thioether (sulfide) groups is 2. The van der Waals surface area contributed by atoms with Crippen LogP contribution >= 0.6 is 23.5 Å². The molecular weight excluding hydrogens is 359 g/mol. The standard InChI is InChI=1S/C18H17FN2O2S2/c1-11(22)20-14-6-7-15(19)16(10-14)21-17(23)12-2-4-13(5-3-12)18-24-8-9-25-18/h2-7,10,18H,8-9H2,1H3,(H,20,22)(H,21,23). The van der Waals surface area contributed by atoms with Crippen molar-refractivity contribution in [2.45, 2.75) is 11.5 Å². The van der Waals surface area contributed by atoms with E-state index in [1.165, 1.54) is 30.7 Å². The smallest absolute Gasteiger partial charge is 0.255 e. The minimum atomic E-state index is -0.558. The van der Waals surface area contributed by atoms with Gasteiger partial charge in [0.1, 0.15) is 5.82 Å². The molecule has 2 aromatic rings. The molecule has 2 aromatic carbocycles. The van der Waals surface area contributed by atoms with Gasteiger partial charge >= 0.3 is 0 Å². The normalized spacial score (nSPS) is 14.3. The number of amides is 2. The number of carbonyl (C=O) groups is 2. The highest BCUT2D eigenvalue weighted by atomic mass is 32.2.